The van der Waals surface area contributed by atoms with E-state index < -0.39 is 27.4 Å². The molecule has 1 aliphatic rings. The lowest BCUT2D eigenvalue weighted by molar-refractivity contribution is -0.119. The summed E-state index contributed by atoms with van der Waals surface area (Å²) in [5, 5.41) is 10.4. The molecule has 0 bridgehead atoms. The van der Waals surface area contributed by atoms with Crippen LogP contribution in [0.15, 0.2) is 30.6 Å². The van der Waals surface area contributed by atoms with Crippen molar-refractivity contribution in [1.29, 1.82) is 0 Å². The van der Waals surface area contributed by atoms with Gasteiger partial charge in [0.05, 0.1) is 31.4 Å². The molecule has 2 N–H and O–H groups in total. The van der Waals surface area contributed by atoms with E-state index in [1.54, 1.807) is 32.0 Å². The van der Waals surface area contributed by atoms with Gasteiger partial charge in [-0.2, -0.15) is 0 Å². The third kappa shape index (κ3) is 6.07. The van der Waals surface area contributed by atoms with E-state index in [1.165, 1.54) is 38.1 Å². The van der Waals surface area contributed by atoms with Crippen LogP contribution in [0.25, 0.3) is 5.69 Å². The molecule has 1 fully saturated rings. The van der Waals surface area contributed by atoms with E-state index in [0.29, 0.717) is 40.9 Å². The van der Waals surface area contributed by atoms with Crippen LogP contribution in [0.5, 0.6) is 11.5 Å². The summed E-state index contributed by atoms with van der Waals surface area (Å²) in [4.78, 5) is 20.4. The summed E-state index contributed by atoms with van der Waals surface area (Å²) in [5.74, 6) is 0.959. The molecule has 13 nitrogen and oxygen atoms in total. The molecular formula is C24H30ClN7O6S. The average molecular weight is 580 g/mol. The fraction of sp³-hybridized carbons (Fsp3) is 0.458. The summed E-state index contributed by atoms with van der Waals surface area (Å²) >= 11 is 5.93. The SMILES string of the molecule is COc1cccc(OC)c1-n1c(NS(=O)(=O)C(C)C(OC(C)C)c2ncc(Cl)cn2)nnc1[C@@H]1CCC(=O)N1. The van der Waals surface area contributed by atoms with E-state index in [1.807, 2.05) is 0 Å². The quantitative estimate of drug-likeness (QED) is 0.345. The molecule has 3 aromatic rings. The van der Waals surface area contributed by atoms with Gasteiger partial charge in [0.1, 0.15) is 28.5 Å². The van der Waals surface area contributed by atoms with Crippen molar-refractivity contribution in [2.24, 2.45) is 0 Å². The van der Waals surface area contributed by atoms with Gasteiger partial charge < -0.3 is 19.5 Å². The number of para-hydroxylation sites is 1. The number of methoxy groups -OCH3 is 2. The molecular weight excluding hydrogens is 550 g/mol. The number of halogens is 1. The normalized spacial score (nSPS) is 17.1. The molecule has 15 heteroatoms. The minimum atomic E-state index is -4.19. The Balaban J connectivity index is 1.79. The van der Waals surface area contributed by atoms with Gasteiger partial charge in [-0.3, -0.25) is 14.1 Å². The number of hydrogen-bond acceptors (Lipinski definition) is 10. The second kappa shape index (κ2) is 11.7. The van der Waals surface area contributed by atoms with Crippen molar-refractivity contribution in [2.45, 2.75) is 57.1 Å². The maximum atomic E-state index is 13.8. The molecule has 0 aliphatic carbocycles. The fourth-order valence-electron chi connectivity index (χ4n) is 4.20. The monoisotopic (exact) mass is 579 g/mol. The molecule has 0 spiro atoms. The summed E-state index contributed by atoms with van der Waals surface area (Å²) < 4.78 is 48.6. The molecule has 3 atom stereocenters. The predicted molar refractivity (Wildman–Crippen MR) is 143 cm³/mol. The van der Waals surface area contributed by atoms with Crippen LogP contribution in [0, 0.1) is 0 Å². The van der Waals surface area contributed by atoms with E-state index in [9.17, 15) is 13.2 Å². The second-order valence-corrected chi connectivity index (χ2v) is 11.6. The van der Waals surface area contributed by atoms with Gasteiger partial charge in [0.25, 0.3) is 0 Å². The first-order chi connectivity index (χ1) is 18.6. The molecule has 39 heavy (non-hydrogen) atoms. The molecule has 4 rings (SSSR count). The number of nitrogens with zero attached hydrogens (tertiary/aromatic N) is 5. The highest BCUT2D eigenvalue weighted by molar-refractivity contribution is 7.93. The van der Waals surface area contributed by atoms with Crippen molar-refractivity contribution < 1.29 is 27.4 Å². The lowest BCUT2D eigenvalue weighted by Crippen LogP contribution is -2.35. The Morgan fingerprint density at radius 1 is 1.10 bits per heavy atom. The van der Waals surface area contributed by atoms with Gasteiger partial charge in [-0.05, 0) is 39.3 Å². The van der Waals surface area contributed by atoms with Crippen LogP contribution in [0.4, 0.5) is 5.95 Å². The van der Waals surface area contributed by atoms with E-state index in [2.05, 4.69) is 30.2 Å². The van der Waals surface area contributed by atoms with Gasteiger partial charge >= 0.3 is 0 Å². The van der Waals surface area contributed by atoms with E-state index >= 15 is 0 Å². The Morgan fingerprint density at radius 2 is 1.74 bits per heavy atom. The zero-order valence-electron chi connectivity index (χ0n) is 22.1. The van der Waals surface area contributed by atoms with Crippen LogP contribution in [-0.2, 0) is 19.6 Å². The summed E-state index contributed by atoms with van der Waals surface area (Å²) in [7, 11) is -1.23. The predicted octanol–water partition coefficient (Wildman–Crippen LogP) is 2.98. The zero-order chi connectivity index (χ0) is 28.3. The van der Waals surface area contributed by atoms with Crippen LogP contribution < -0.4 is 19.5 Å². The number of aromatic nitrogens is 5. The molecule has 1 amide bonds. The third-order valence-corrected chi connectivity index (χ3v) is 7.97. The van der Waals surface area contributed by atoms with Crippen molar-refractivity contribution in [1.82, 2.24) is 30.0 Å². The van der Waals surface area contributed by atoms with E-state index in [4.69, 9.17) is 25.8 Å². The van der Waals surface area contributed by atoms with Crippen molar-refractivity contribution in [3.05, 3.63) is 47.3 Å². The zero-order valence-corrected chi connectivity index (χ0v) is 23.7. The smallest absolute Gasteiger partial charge is 0.243 e. The number of carbonyl (C=O) groups is 1. The van der Waals surface area contributed by atoms with Gasteiger partial charge in [0, 0.05) is 18.8 Å². The number of hydrogen-bond donors (Lipinski definition) is 2. The largest absolute Gasteiger partial charge is 0.494 e. The molecule has 2 unspecified atom stereocenters. The first kappa shape index (κ1) is 28.5. The first-order valence-corrected chi connectivity index (χ1v) is 14.1. The Bertz CT molecular complexity index is 1410. The summed E-state index contributed by atoms with van der Waals surface area (Å²) in [6, 6.07) is 4.61. The highest BCUT2D eigenvalue weighted by Crippen LogP contribution is 2.38. The number of amides is 1. The Kier molecular flexibility index (Phi) is 8.57. The highest BCUT2D eigenvalue weighted by atomic mass is 35.5. The maximum absolute atomic E-state index is 13.8. The molecule has 210 valence electrons. The minimum absolute atomic E-state index is 0.124. The average Bonchev–Trinajstić information content (AvgIpc) is 3.52. The number of ether oxygens (including phenoxy) is 3. The lowest BCUT2D eigenvalue weighted by atomic mass is 10.2. The first-order valence-electron chi connectivity index (χ1n) is 12.2. The molecule has 0 radical (unpaired) electrons. The number of benzene rings is 1. The van der Waals surface area contributed by atoms with Crippen molar-refractivity contribution in [2.75, 3.05) is 18.9 Å². The lowest BCUT2D eigenvalue weighted by Gasteiger charge is -2.25. The van der Waals surface area contributed by atoms with Crippen LogP contribution in [0.3, 0.4) is 0 Å². The number of carbonyl (C=O) groups excluding carboxylic acids is 1. The maximum Gasteiger partial charge on any atom is 0.243 e. The number of rotatable bonds is 11. The molecule has 1 saturated heterocycles. The van der Waals surface area contributed by atoms with Gasteiger partial charge in [-0.15, -0.1) is 10.2 Å². The van der Waals surface area contributed by atoms with Gasteiger partial charge in [-0.25, -0.2) is 18.4 Å². The van der Waals surface area contributed by atoms with Crippen LogP contribution in [0.1, 0.15) is 57.4 Å². The van der Waals surface area contributed by atoms with E-state index in [-0.39, 0.29) is 23.8 Å². The molecule has 2 aromatic heterocycles. The van der Waals surface area contributed by atoms with Crippen LogP contribution in [-0.4, -0.2) is 64.6 Å². The second-order valence-electron chi connectivity index (χ2n) is 9.10. The van der Waals surface area contributed by atoms with Crippen LogP contribution >= 0.6 is 11.6 Å². The van der Waals surface area contributed by atoms with Gasteiger partial charge in [0.2, 0.25) is 21.9 Å². The Morgan fingerprint density at radius 3 is 2.28 bits per heavy atom. The number of nitrogens with one attached hydrogen (secondary N) is 2. The standard InChI is InChI=1S/C24H30ClN7O6S/c1-13(2)38-21(22-26-11-15(25)12-27-22)14(3)39(34,35)31-24-30-29-23(16-9-10-19(33)28-16)32(24)20-17(36-4)7-6-8-18(20)37-5/h6-8,11-14,16,21H,9-10H2,1-5H3,(H,28,33)(H,30,31)/t14?,16-,21?/m0/s1. The number of anilines is 1. The highest BCUT2D eigenvalue weighted by Gasteiger charge is 2.37. The van der Waals surface area contributed by atoms with Crippen molar-refractivity contribution in [3.8, 4) is 17.2 Å². The fourth-order valence-corrected chi connectivity index (χ4v) is 5.38. The van der Waals surface area contributed by atoms with E-state index in [0.717, 1.165) is 0 Å². The Labute approximate surface area is 231 Å². The van der Waals surface area contributed by atoms with Gasteiger partial charge in [0.15, 0.2) is 11.6 Å². The summed E-state index contributed by atoms with van der Waals surface area (Å²) in [6.45, 7) is 5.04. The number of sulfonamides is 1. The summed E-state index contributed by atoms with van der Waals surface area (Å²) in [6.07, 6.45) is 2.15. The molecule has 1 aliphatic heterocycles. The van der Waals surface area contributed by atoms with Gasteiger partial charge in [-0.1, -0.05) is 17.7 Å². The third-order valence-electron chi connectivity index (χ3n) is 6.08. The molecule has 0 saturated carbocycles. The minimum Gasteiger partial charge on any atom is -0.494 e. The summed E-state index contributed by atoms with van der Waals surface area (Å²) in [5.41, 5.74) is 0.366. The topological polar surface area (TPSA) is 159 Å². The van der Waals surface area contributed by atoms with Crippen molar-refractivity contribution >= 4 is 33.5 Å². The molecule has 1 aromatic carbocycles. The van der Waals surface area contributed by atoms with Crippen molar-refractivity contribution in [3.63, 3.8) is 0 Å². The Hall–Kier alpha value is -3.49. The van der Waals surface area contributed by atoms with Crippen LogP contribution in [0.2, 0.25) is 5.02 Å². The molecule has 3 heterocycles.